The fourth-order valence-electron chi connectivity index (χ4n) is 3.37. The van der Waals surface area contributed by atoms with Gasteiger partial charge in [0.1, 0.15) is 0 Å². The summed E-state index contributed by atoms with van der Waals surface area (Å²) in [4.78, 5) is 20.4. The van der Waals surface area contributed by atoms with E-state index in [9.17, 15) is 4.79 Å². The monoisotopic (exact) mass is 278 g/mol. The van der Waals surface area contributed by atoms with E-state index in [2.05, 4.69) is 16.8 Å². The van der Waals surface area contributed by atoms with Crippen LogP contribution in [-0.2, 0) is 4.79 Å². The first-order chi connectivity index (χ1) is 9.24. The maximum atomic E-state index is 12.5. The zero-order valence-corrected chi connectivity index (χ0v) is 12.4. The minimum Gasteiger partial charge on any atom is -0.342 e. The molecule has 1 unspecified atom stereocenters. The van der Waals surface area contributed by atoms with Crippen LogP contribution in [0.1, 0.15) is 54.3 Å². The summed E-state index contributed by atoms with van der Waals surface area (Å²) in [6.45, 7) is 3.95. The number of likely N-dealkylation sites (tertiary alicyclic amines) is 1. The average molecular weight is 278 g/mol. The lowest BCUT2D eigenvalue weighted by Gasteiger charge is -2.33. The Balaban J connectivity index is 1.65. The molecule has 1 amide bonds. The number of carbonyl (C=O) groups excluding carboxylic acids is 1. The molecule has 1 aromatic rings. The van der Waals surface area contributed by atoms with Gasteiger partial charge in [-0.15, -0.1) is 11.3 Å². The third-order valence-corrected chi connectivity index (χ3v) is 5.50. The molecule has 0 radical (unpaired) electrons. The van der Waals surface area contributed by atoms with E-state index in [1.807, 2.05) is 6.20 Å². The van der Waals surface area contributed by atoms with E-state index in [4.69, 9.17) is 0 Å². The lowest BCUT2D eigenvalue weighted by atomic mass is 9.96. The molecule has 1 saturated heterocycles. The second kappa shape index (κ2) is 5.61. The van der Waals surface area contributed by atoms with Crippen LogP contribution in [0.5, 0.6) is 0 Å². The largest absolute Gasteiger partial charge is 0.342 e. The number of piperidine rings is 1. The molecule has 1 aliphatic carbocycles. The van der Waals surface area contributed by atoms with Crippen LogP contribution in [0, 0.1) is 12.8 Å². The van der Waals surface area contributed by atoms with Gasteiger partial charge in [0.05, 0.1) is 5.01 Å². The summed E-state index contributed by atoms with van der Waals surface area (Å²) in [7, 11) is 0. The van der Waals surface area contributed by atoms with Crippen LogP contribution in [0.25, 0.3) is 0 Å². The van der Waals surface area contributed by atoms with Gasteiger partial charge in [0.25, 0.3) is 0 Å². The first-order valence-electron chi connectivity index (χ1n) is 7.45. The van der Waals surface area contributed by atoms with Crippen LogP contribution in [0.2, 0.25) is 0 Å². The molecular weight excluding hydrogens is 256 g/mol. The van der Waals surface area contributed by atoms with Gasteiger partial charge in [-0.3, -0.25) is 4.79 Å². The van der Waals surface area contributed by atoms with Crippen molar-refractivity contribution in [3.05, 3.63) is 16.1 Å². The molecule has 0 aromatic carbocycles. The lowest BCUT2D eigenvalue weighted by Crippen LogP contribution is -2.41. The van der Waals surface area contributed by atoms with Crippen LogP contribution in [0.4, 0.5) is 0 Å². The fourth-order valence-corrected chi connectivity index (χ4v) is 4.27. The Morgan fingerprint density at radius 1 is 1.32 bits per heavy atom. The highest BCUT2D eigenvalue weighted by Crippen LogP contribution is 2.32. The number of carbonyl (C=O) groups is 1. The molecule has 3 nitrogen and oxygen atoms in total. The lowest BCUT2D eigenvalue weighted by molar-refractivity contribution is -0.136. The molecule has 19 heavy (non-hydrogen) atoms. The third-order valence-electron chi connectivity index (χ3n) is 4.43. The van der Waals surface area contributed by atoms with E-state index >= 15 is 0 Å². The molecule has 1 saturated carbocycles. The fraction of sp³-hybridized carbons (Fsp3) is 0.733. The van der Waals surface area contributed by atoms with E-state index in [0.717, 1.165) is 32.4 Å². The van der Waals surface area contributed by atoms with Crippen molar-refractivity contribution in [3.8, 4) is 0 Å². The summed E-state index contributed by atoms with van der Waals surface area (Å²) in [6.07, 6.45) is 8.95. The van der Waals surface area contributed by atoms with Crippen molar-refractivity contribution in [2.45, 2.75) is 51.4 Å². The first kappa shape index (κ1) is 13.1. The topological polar surface area (TPSA) is 33.2 Å². The van der Waals surface area contributed by atoms with Crippen molar-refractivity contribution in [2.24, 2.45) is 5.92 Å². The molecule has 2 fully saturated rings. The normalized spacial score (nSPS) is 24.9. The zero-order valence-electron chi connectivity index (χ0n) is 11.6. The Bertz CT molecular complexity index is 451. The van der Waals surface area contributed by atoms with Crippen LogP contribution < -0.4 is 0 Å². The molecular formula is C15H22N2OS. The average Bonchev–Trinajstić information content (AvgIpc) is 3.09. The first-order valence-corrected chi connectivity index (χ1v) is 8.27. The van der Waals surface area contributed by atoms with Crippen molar-refractivity contribution in [1.82, 2.24) is 9.88 Å². The molecule has 2 heterocycles. The molecule has 1 atom stereocenters. The quantitative estimate of drug-likeness (QED) is 0.831. The molecule has 2 aliphatic rings. The van der Waals surface area contributed by atoms with Gasteiger partial charge in [-0.25, -0.2) is 4.98 Å². The summed E-state index contributed by atoms with van der Waals surface area (Å²) in [5, 5.41) is 1.22. The molecule has 4 heteroatoms. The number of hydrogen-bond donors (Lipinski definition) is 0. The van der Waals surface area contributed by atoms with E-state index in [1.165, 1.54) is 29.1 Å². The summed E-state index contributed by atoms with van der Waals surface area (Å²) in [5.74, 6) is 1.20. The molecule has 0 spiro atoms. The number of aromatic nitrogens is 1. The minimum absolute atomic E-state index is 0.316. The highest BCUT2D eigenvalue weighted by molar-refractivity contribution is 7.11. The smallest absolute Gasteiger partial charge is 0.225 e. The Hall–Kier alpha value is -0.900. The highest BCUT2D eigenvalue weighted by Gasteiger charge is 2.31. The number of nitrogens with zero attached hydrogens (tertiary/aromatic N) is 2. The third kappa shape index (κ3) is 2.83. The minimum atomic E-state index is 0.316. The van der Waals surface area contributed by atoms with E-state index < -0.39 is 0 Å². The maximum absolute atomic E-state index is 12.5. The number of hydrogen-bond acceptors (Lipinski definition) is 3. The Morgan fingerprint density at radius 2 is 2.11 bits per heavy atom. The van der Waals surface area contributed by atoms with Crippen molar-refractivity contribution in [3.63, 3.8) is 0 Å². The van der Waals surface area contributed by atoms with E-state index in [-0.39, 0.29) is 0 Å². The standard InChI is InChI=1S/C15H22N2OS/c1-11-9-16-14(19-11)13-7-4-8-17(10-13)15(18)12-5-2-3-6-12/h9,12-13H,2-8,10H2,1H3. The van der Waals surface area contributed by atoms with Gasteiger partial charge in [0, 0.05) is 36.0 Å². The van der Waals surface area contributed by atoms with Gasteiger partial charge in [0.2, 0.25) is 5.91 Å². The van der Waals surface area contributed by atoms with E-state index in [1.54, 1.807) is 11.3 Å². The van der Waals surface area contributed by atoms with Crippen molar-refractivity contribution in [1.29, 1.82) is 0 Å². The predicted octanol–water partition coefficient (Wildman–Crippen LogP) is 3.35. The second-order valence-corrected chi connectivity index (χ2v) is 7.18. The van der Waals surface area contributed by atoms with E-state index in [0.29, 0.717) is 17.7 Å². The highest BCUT2D eigenvalue weighted by atomic mass is 32.1. The van der Waals surface area contributed by atoms with Crippen molar-refractivity contribution < 1.29 is 4.79 Å². The molecule has 3 rings (SSSR count). The number of aryl methyl sites for hydroxylation is 1. The molecule has 104 valence electrons. The van der Waals surface area contributed by atoms with Gasteiger partial charge in [-0.2, -0.15) is 0 Å². The van der Waals surface area contributed by atoms with Gasteiger partial charge >= 0.3 is 0 Å². The summed E-state index contributed by atoms with van der Waals surface area (Å²) < 4.78 is 0. The SMILES string of the molecule is Cc1cnc(C2CCCN(C(=O)C3CCCC3)C2)s1. The van der Waals surface area contributed by atoms with Crippen LogP contribution in [0.15, 0.2) is 6.20 Å². The summed E-state index contributed by atoms with van der Waals surface area (Å²) in [6, 6.07) is 0. The van der Waals surface area contributed by atoms with Gasteiger partial charge in [-0.1, -0.05) is 12.8 Å². The Kier molecular flexibility index (Phi) is 3.87. The van der Waals surface area contributed by atoms with Gasteiger partial charge < -0.3 is 4.90 Å². The summed E-state index contributed by atoms with van der Waals surface area (Å²) in [5.41, 5.74) is 0. The van der Waals surface area contributed by atoms with Gasteiger partial charge in [0.15, 0.2) is 0 Å². The molecule has 1 aromatic heterocycles. The van der Waals surface area contributed by atoms with Crippen LogP contribution in [-0.4, -0.2) is 28.9 Å². The zero-order chi connectivity index (χ0) is 13.2. The number of rotatable bonds is 2. The number of amides is 1. The van der Waals surface area contributed by atoms with Gasteiger partial charge in [-0.05, 0) is 32.6 Å². The Morgan fingerprint density at radius 3 is 2.79 bits per heavy atom. The number of thiazole rings is 1. The van der Waals surface area contributed by atoms with Crippen molar-refractivity contribution in [2.75, 3.05) is 13.1 Å². The Labute approximate surface area is 119 Å². The van der Waals surface area contributed by atoms with Crippen LogP contribution >= 0.6 is 11.3 Å². The van der Waals surface area contributed by atoms with Crippen LogP contribution in [0.3, 0.4) is 0 Å². The van der Waals surface area contributed by atoms with Crippen molar-refractivity contribution >= 4 is 17.2 Å². The maximum Gasteiger partial charge on any atom is 0.225 e. The molecule has 0 N–H and O–H groups in total. The predicted molar refractivity (Wildman–Crippen MR) is 77.4 cm³/mol. The summed E-state index contributed by atoms with van der Waals surface area (Å²) >= 11 is 1.79. The molecule has 1 aliphatic heterocycles. The second-order valence-electron chi connectivity index (χ2n) is 5.91. The molecule has 0 bridgehead atoms.